The molecule has 2 N–H and O–H groups in total. The van der Waals surface area contributed by atoms with Crippen LogP contribution in [-0.4, -0.2) is 34.7 Å². The maximum atomic E-state index is 12.5. The van der Waals surface area contributed by atoms with Gasteiger partial charge in [0.15, 0.2) is 0 Å². The number of carbonyl (C=O) groups is 1. The molecule has 0 saturated carbocycles. The highest BCUT2D eigenvalue weighted by Crippen LogP contribution is 2.29. The number of nitrogens with one attached hydrogen (secondary N) is 1. The van der Waals surface area contributed by atoms with E-state index in [1.165, 1.54) is 0 Å². The van der Waals surface area contributed by atoms with Gasteiger partial charge in [-0.2, -0.15) is 11.8 Å². The van der Waals surface area contributed by atoms with Gasteiger partial charge >= 0.3 is 0 Å². The van der Waals surface area contributed by atoms with Gasteiger partial charge in [-0.25, -0.2) is 0 Å². The van der Waals surface area contributed by atoms with E-state index in [0.29, 0.717) is 17.3 Å². The quantitative estimate of drug-likeness (QED) is 0.874. The summed E-state index contributed by atoms with van der Waals surface area (Å²) in [5.74, 6) is 1.51. The molecule has 0 bridgehead atoms. The number of carbonyl (C=O) groups excluding carboxylic acids is 1. The molecule has 0 aliphatic carbocycles. The van der Waals surface area contributed by atoms with Crippen molar-refractivity contribution in [1.82, 2.24) is 5.32 Å². The molecule has 2 rings (SSSR count). The lowest BCUT2D eigenvalue weighted by Gasteiger charge is -2.25. The molecule has 3 nitrogen and oxygen atoms in total. The highest BCUT2D eigenvalue weighted by molar-refractivity contribution is 7.99. The zero-order valence-corrected chi connectivity index (χ0v) is 14.0. The number of halogens is 1. The summed E-state index contributed by atoms with van der Waals surface area (Å²) in [6.45, 7) is 4.36. The van der Waals surface area contributed by atoms with Gasteiger partial charge in [-0.3, -0.25) is 4.79 Å². The molecule has 21 heavy (non-hydrogen) atoms. The first-order valence-electron chi connectivity index (χ1n) is 7.25. The average molecular weight is 328 g/mol. The second-order valence-corrected chi connectivity index (χ2v) is 7.56. The molecule has 0 radical (unpaired) electrons. The maximum absolute atomic E-state index is 12.5. The largest absolute Gasteiger partial charge is 0.387 e. The van der Waals surface area contributed by atoms with Crippen molar-refractivity contribution in [3.05, 3.63) is 34.9 Å². The van der Waals surface area contributed by atoms with E-state index in [1.54, 1.807) is 17.8 Å². The number of hydrogen-bond acceptors (Lipinski definition) is 3. The fraction of sp³-hybridized carbons (Fsp3) is 0.562. The minimum absolute atomic E-state index is 0.0439. The third-order valence-electron chi connectivity index (χ3n) is 3.83. The fourth-order valence-electron chi connectivity index (χ4n) is 2.64. The summed E-state index contributed by atoms with van der Waals surface area (Å²) in [6.07, 6.45) is 0.738. The summed E-state index contributed by atoms with van der Waals surface area (Å²) in [6, 6.07) is 7.43. The Kier molecular flexibility index (Phi) is 5.58. The van der Waals surface area contributed by atoms with Gasteiger partial charge in [0, 0.05) is 17.3 Å². The Hall–Kier alpha value is -0.710. The monoisotopic (exact) mass is 327 g/mol. The second kappa shape index (κ2) is 7.03. The van der Waals surface area contributed by atoms with Crippen LogP contribution in [-0.2, 0) is 4.79 Å². The van der Waals surface area contributed by atoms with Crippen molar-refractivity contribution in [2.45, 2.75) is 31.8 Å². The van der Waals surface area contributed by atoms with E-state index in [-0.39, 0.29) is 17.7 Å². The zero-order chi connectivity index (χ0) is 15.5. The Bertz CT molecular complexity index is 501. The number of rotatable bonds is 5. The molecular weight excluding hydrogens is 306 g/mol. The second-order valence-electron chi connectivity index (χ2n) is 6.02. The van der Waals surface area contributed by atoms with Crippen LogP contribution in [0.1, 0.15) is 31.7 Å². The van der Waals surface area contributed by atoms with Gasteiger partial charge in [0.2, 0.25) is 5.91 Å². The zero-order valence-electron chi connectivity index (χ0n) is 12.4. The van der Waals surface area contributed by atoms with Crippen molar-refractivity contribution < 1.29 is 9.90 Å². The number of aliphatic hydroxyl groups is 1. The minimum atomic E-state index is -0.754. The third kappa shape index (κ3) is 4.38. The first-order valence-corrected chi connectivity index (χ1v) is 8.78. The smallest absolute Gasteiger partial charge is 0.227 e. The van der Waals surface area contributed by atoms with Gasteiger partial charge in [0.05, 0.1) is 11.5 Å². The lowest BCUT2D eigenvalue weighted by Crippen LogP contribution is -2.45. The van der Waals surface area contributed by atoms with E-state index in [1.807, 2.05) is 32.0 Å². The molecule has 116 valence electrons. The SMILES string of the molecule is CC(C)C(C(=O)NCC1(O)CCSC1)c1cccc(Cl)c1. The minimum Gasteiger partial charge on any atom is -0.387 e. The van der Waals surface area contributed by atoms with Crippen LogP contribution in [0.25, 0.3) is 0 Å². The van der Waals surface area contributed by atoms with Crippen molar-refractivity contribution in [2.75, 3.05) is 18.1 Å². The van der Waals surface area contributed by atoms with Gasteiger partial charge in [0.25, 0.3) is 0 Å². The molecule has 0 spiro atoms. The molecule has 1 aliphatic heterocycles. The van der Waals surface area contributed by atoms with Gasteiger partial charge in [-0.1, -0.05) is 37.6 Å². The summed E-state index contributed by atoms with van der Waals surface area (Å²) in [5.41, 5.74) is 0.165. The van der Waals surface area contributed by atoms with E-state index in [2.05, 4.69) is 5.32 Å². The molecule has 1 aromatic rings. The molecule has 1 amide bonds. The van der Waals surface area contributed by atoms with Gasteiger partial charge < -0.3 is 10.4 Å². The number of thioether (sulfide) groups is 1. The van der Waals surface area contributed by atoms with Crippen LogP contribution in [0.4, 0.5) is 0 Å². The molecule has 1 aliphatic rings. The lowest BCUT2D eigenvalue weighted by molar-refractivity contribution is -0.124. The summed E-state index contributed by atoms with van der Waals surface area (Å²) >= 11 is 7.75. The van der Waals surface area contributed by atoms with Gasteiger partial charge in [-0.15, -0.1) is 0 Å². The molecule has 2 unspecified atom stereocenters. The van der Waals surface area contributed by atoms with E-state index in [4.69, 9.17) is 11.6 Å². The van der Waals surface area contributed by atoms with Crippen molar-refractivity contribution in [1.29, 1.82) is 0 Å². The van der Waals surface area contributed by atoms with Gasteiger partial charge in [0.1, 0.15) is 0 Å². The predicted octanol–water partition coefficient (Wildman–Crippen LogP) is 3.06. The standard InChI is InChI=1S/C16H22ClNO2S/c1-11(2)14(12-4-3-5-13(17)8-12)15(19)18-9-16(20)6-7-21-10-16/h3-5,8,11,14,20H,6-7,9-10H2,1-2H3,(H,18,19). The Morgan fingerprint density at radius 1 is 1.52 bits per heavy atom. The fourth-order valence-corrected chi connectivity index (χ4v) is 4.13. The molecule has 1 fully saturated rings. The molecule has 1 aromatic carbocycles. The molecule has 1 saturated heterocycles. The topological polar surface area (TPSA) is 49.3 Å². The Morgan fingerprint density at radius 3 is 2.86 bits per heavy atom. The van der Waals surface area contributed by atoms with Crippen molar-refractivity contribution >= 4 is 29.3 Å². The van der Waals surface area contributed by atoms with E-state index < -0.39 is 5.60 Å². The first kappa shape index (κ1) is 16.7. The van der Waals surface area contributed by atoms with Crippen molar-refractivity contribution in [2.24, 2.45) is 5.92 Å². The van der Waals surface area contributed by atoms with E-state index >= 15 is 0 Å². The first-order chi connectivity index (χ1) is 9.91. The Labute approximate surface area is 135 Å². The highest BCUT2D eigenvalue weighted by Gasteiger charge is 2.33. The van der Waals surface area contributed by atoms with Crippen LogP contribution < -0.4 is 5.32 Å². The van der Waals surface area contributed by atoms with Crippen molar-refractivity contribution in [3.8, 4) is 0 Å². The molecule has 5 heteroatoms. The average Bonchev–Trinajstić information content (AvgIpc) is 2.84. The predicted molar refractivity (Wildman–Crippen MR) is 88.9 cm³/mol. The highest BCUT2D eigenvalue weighted by atomic mass is 35.5. The van der Waals surface area contributed by atoms with Crippen LogP contribution in [0, 0.1) is 5.92 Å². The summed E-state index contributed by atoms with van der Waals surface area (Å²) in [7, 11) is 0. The van der Waals surface area contributed by atoms with Crippen LogP contribution in [0.2, 0.25) is 5.02 Å². The molecule has 1 heterocycles. The van der Waals surface area contributed by atoms with Crippen LogP contribution in [0.15, 0.2) is 24.3 Å². The van der Waals surface area contributed by atoms with Crippen molar-refractivity contribution in [3.63, 3.8) is 0 Å². The molecule has 2 atom stereocenters. The molecule has 0 aromatic heterocycles. The summed E-state index contributed by atoms with van der Waals surface area (Å²) in [4.78, 5) is 12.5. The maximum Gasteiger partial charge on any atom is 0.227 e. The summed E-state index contributed by atoms with van der Waals surface area (Å²) in [5, 5.41) is 13.9. The number of amides is 1. The molecular formula is C16H22ClNO2S. The summed E-state index contributed by atoms with van der Waals surface area (Å²) < 4.78 is 0. The lowest BCUT2D eigenvalue weighted by atomic mass is 9.87. The van der Waals surface area contributed by atoms with E-state index in [0.717, 1.165) is 17.7 Å². The third-order valence-corrected chi connectivity index (χ3v) is 5.30. The van der Waals surface area contributed by atoms with E-state index in [9.17, 15) is 9.90 Å². The van der Waals surface area contributed by atoms with Crippen LogP contribution in [0.5, 0.6) is 0 Å². The van der Waals surface area contributed by atoms with Crippen LogP contribution >= 0.6 is 23.4 Å². The van der Waals surface area contributed by atoms with Crippen LogP contribution in [0.3, 0.4) is 0 Å². The normalized spacial score (nSPS) is 23.3. The Balaban J connectivity index is 2.06. The van der Waals surface area contributed by atoms with Gasteiger partial charge in [-0.05, 0) is 35.8 Å². The Morgan fingerprint density at radius 2 is 2.29 bits per heavy atom. The number of benzene rings is 1. The number of hydrogen-bond donors (Lipinski definition) is 2.